The van der Waals surface area contributed by atoms with Gasteiger partial charge >= 0.3 is 0 Å². The molecule has 0 bridgehead atoms. The molecular formula is C18H21F2N3O2. The molecule has 0 unspecified atom stereocenters. The Morgan fingerprint density at radius 3 is 2.56 bits per heavy atom. The molecule has 0 spiro atoms. The maximum absolute atomic E-state index is 14.0. The summed E-state index contributed by atoms with van der Waals surface area (Å²) in [5.74, 6) is -1.66. The lowest BCUT2D eigenvalue weighted by molar-refractivity contribution is 0.0866. The van der Waals surface area contributed by atoms with Crippen LogP contribution in [0.1, 0.15) is 47.4 Å². The first-order valence-corrected chi connectivity index (χ1v) is 8.37. The van der Waals surface area contributed by atoms with E-state index >= 15 is 0 Å². The summed E-state index contributed by atoms with van der Waals surface area (Å²) in [7, 11) is 0. The highest BCUT2D eigenvalue weighted by atomic mass is 19.1. The average Bonchev–Trinajstić information content (AvgIpc) is 2.84. The number of carbonyl (C=O) groups is 1. The van der Waals surface area contributed by atoms with E-state index in [0.717, 1.165) is 25.0 Å². The normalized spacial score (nSPS) is 20.5. The molecule has 0 atom stereocenters. The molecule has 5 nitrogen and oxygen atoms in total. The van der Waals surface area contributed by atoms with E-state index in [4.69, 9.17) is 0 Å². The highest BCUT2D eigenvalue weighted by molar-refractivity contribution is 5.96. The van der Waals surface area contributed by atoms with Crippen LogP contribution < -0.4 is 5.32 Å². The number of hydrogen-bond acceptors (Lipinski definition) is 3. The molecule has 134 valence electrons. The Hall–Kier alpha value is -2.28. The number of amides is 1. The van der Waals surface area contributed by atoms with Crippen LogP contribution in [0.5, 0.6) is 0 Å². The largest absolute Gasteiger partial charge is 0.393 e. The molecule has 1 fully saturated rings. The van der Waals surface area contributed by atoms with Crippen molar-refractivity contribution in [3.63, 3.8) is 0 Å². The zero-order valence-corrected chi connectivity index (χ0v) is 14.2. The van der Waals surface area contributed by atoms with Gasteiger partial charge in [0.1, 0.15) is 11.5 Å². The topological polar surface area (TPSA) is 67.2 Å². The van der Waals surface area contributed by atoms with Gasteiger partial charge in [-0.15, -0.1) is 0 Å². The first kappa shape index (κ1) is 17.5. The fraction of sp³-hybridized carbons (Fsp3) is 0.444. The van der Waals surface area contributed by atoms with Crippen LogP contribution in [0.2, 0.25) is 0 Å². The van der Waals surface area contributed by atoms with E-state index in [2.05, 4.69) is 10.4 Å². The summed E-state index contributed by atoms with van der Waals surface area (Å²) in [6.45, 7) is 3.37. The van der Waals surface area contributed by atoms with Crippen LogP contribution in [0, 0.1) is 25.5 Å². The number of rotatable bonds is 3. The minimum Gasteiger partial charge on any atom is -0.393 e. The molecule has 7 heteroatoms. The molecular weight excluding hydrogens is 328 g/mol. The molecule has 2 aromatic rings. The standard InChI is InChI=1S/C18H21F2N3O2/c1-10-17(18(25)21-13-4-6-14(24)7-5-13)11(2)23(22-10)16-8-3-12(19)9-15(16)20/h3,8-9,13-14,24H,4-7H2,1-2H3,(H,21,25). The molecule has 0 saturated heterocycles. The first-order chi connectivity index (χ1) is 11.9. The molecule has 1 heterocycles. The minimum absolute atomic E-state index is 0.0145. The van der Waals surface area contributed by atoms with Crippen molar-refractivity contribution in [1.82, 2.24) is 15.1 Å². The van der Waals surface area contributed by atoms with Gasteiger partial charge in [-0.05, 0) is 51.7 Å². The quantitative estimate of drug-likeness (QED) is 0.895. The second-order valence-electron chi connectivity index (χ2n) is 6.53. The molecule has 1 aliphatic rings. The van der Waals surface area contributed by atoms with Crippen molar-refractivity contribution in [3.8, 4) is 5.69 Å². The maximum Gasteiger partial charge on any atom is 0.255 e. The van der Waals surface area contributed by atoms with E-state index in [9.17, 15) is 18.7 Å². The van der Waals surface area contributed by atoms with Gasteiger partial charge in [0.25, 0.3) is 5.91 Å². The number of aromatic nitrogens is 2. The zero-order chi connectivity index (χ0) is 18.1. The van der Waals surface area contributed by atoms with Crippen molar-refractivity contribution in [3.05, 3.63) is 46.8 Å². The lowest BCUT2D eigenvalue weighted by atomic mass is 9.93. The fourth-order valence-corrected chi connectivity index (χ4v) is 3.34. The number of hydrogen-bond donors (Lipinski definition) is 2. The summed E-state index contributed by atoms with van der Waals surface area (Å²) in [5, 5.41) is 16.8. The summed E-state index contributed by atoms with van der Waals surface area (Å²) in [6, 6.07) is 3.26. The van der Waals surface area contributed by atoms with Crippen LogP contribution >= 0.6 is 0 Å². The van der Waals surface area contributed by atoms with Crippen molar-refractivity contribution in [2.75, 3.05) is 0 Å². The van der Waals surface area contributed by atoms with Gasteiger partial charge in [0.15, 0.2) is 5.82 Å². The Kier molecular flexibility index (Phi) is 4.85. The second kappa shape index (κ2) is 6.92. The van der Waals surface area contributed by atoms with E-state index in [1.54, 1.807) is 13.8 Å². The highest BCUT2D eigenvalue weighted by Crippen LogP contribution is 2.23. The minimum atomic E-state index is -0.737. The second-order valence-corrected chi connectivity index (χ2v) is 6.53. The third kappa shape index (κ3) is 3.56. The number of nitrogens with zero attached hydrogens (tertiary/aromatic N) is 2. The maximum atomic E-state index is 14.0. The van der Waals surface area contributed by atoms with Crippen LogP contribution in [0.3, 0.4) is 0 Å². The van der Waals surface area contributed by atoms with Gasteiger partial charge in [0.2, 0.25) is 0 Å². The first-order valence-electron chi connectivity index (χ1n) is 8.37. The number of aliphatic hydroxyl groups excluding tert-OH is 1. The number of benzene rings is 1. The number of nitrogens with one attached hydrogen (secondary N) is 1. The third-order valence-electron chi connectivity index (χ3n) is 4.69. The highest BCUT2D eigenvalue weighted by Gasteiger charge is 2.25. The van der Waals surface area contributed by atoms with Gasteiger partial charge in [-0.25, -0.2) is 13.5 Å². The van der Waals surface area contributed by atoms with Gasteiger partial charge in [-0.3, -0.25) is 4.79 Å². The van der Waals surface area contributed by atoms with Crippen LogP contribution in [-0.2, 0) is 0 Å². The Morgan fingerprint density at radius 2 is 1.92 bits per heavy atom. The molecule has 1 saturated carbocycles. The fourth-order valence-electron chi connectivity index (χ4n) is 3.34. The molecule has 2 N–H and O–H groups in total. The van der Waals surface area contributed by atoms with E-state index < -0.39 is 11.6 Å². The predicted molar refractivity (Wildman–Crippen MR) is 88.7 cm³/mol. The summed E-state index contributed by atoms with van der Waals surface area (Å²) in [6.07, 6.45) is 2.50. The van der Waals surface area contributed by atoms with E-state index in [1.165, 1.54) is 10.7 Å². The van der Waals surface area contributed by atoms with E-state index in [-0.39, 0.29) is 23.7 Å². The number of aliphatic hydroxyl groups is 1. The lowest BCUT2D eigenvalue weighted by Crippen LogP contribution is -2.39. The molecule has 25 heavy (non-hydrogen) atoms. The Morgan fingerprint density at radius 1 is 1.24 bits per heavy atom. The molecule has 1 amide bonds. The van der Waals surface area contributed by atoms with E-state index in [0.29, 0.717) is 29.8 Å². The molecule has 3 rings (SSSR count). The van der Waals surface area contributed by atoms with Gasteiger partial charge in [-0.1, -0.05) is 0 Å². The van der Waals surface area contributed by atoms with E-state index in [1.807, 2.05) is 0 Å². The van der Waals surface area contributed by atoms with Gasteiger partial charge < -0.3 is 10.4 Å². The predicted octanol–water partition coefficient (Wildman–Crippen LogP) is 2.80. The number of aryl methyl sites for hydroxylation is 1. The summed E-state index contributed by atoms with van der Waals surface area (Å²) < 4.78 is 28.5. The molecule has 0 radical (unpaired) electrons. The van der Waals surface area contributed by atoms with Crippen LogP contribution in [0.15, 0.2) is 18.2 Å². The summed E-state index contributed by atoms with van der Waals surface area (Å²) in [4.78, 5) is 12.6. The third-order valence-corrected chi connectivity index (χ3v) is 4.69. The van der Waals surface area contributed by atoms with Crippen molar-refractivity contribution < 1.29 is 18.7 Å². The van der Waals surface area contributed by atoms with Crippen molar-refractivity contribution in [2.24, 2.45) is 0 Å². The Balaban J connectivity index is 1.85. The van der Waals surface area contributed by atoms with Crippen molar-refractivity contribution in [1.29, 1.82) is 0 Å². The van der Waals surface area contributed by atoms with Crippen molar-refractivity contribution >= 4 is 5.91 Å². The number of halogens is 2. The number of carbonyl (C=O) groups excluding carboxylic acids is 1. The molecule has 1 aromatic heterocycles. The van der Waals surface area contributed by atoms with Gasteiger partial charge in [0.05, 0.1) is 23.1 Å². The van der Waals surface area contributed by atoms with Crippen molar-refractivity contribution in [2.45, 2.75) is 51.7 Å². The SMILES string of the molecule is Cc1nn(-c2ccc(F)cc2F)c(C)c1C(=O)NC1CCC(O)CC1. The smallest absolute Gasteiger partial charge is 0.255 e. The Labute approximate surface area is 144 Å². The van der Waals surface area contributed by atoms with Gasteiger partial charge in [-0.2, -0.15) is 5.10 Å². The average molecular weight is 349 g/mol. The zero-order valence-electron chi connectivity index (χ0n) is 14.2. The molecule has 1 aliphatic carbocycles. The lowest BCUT2D eigenvalue weighted by Gasteiger charge is -2.26. The summed E-state index contributed by atoms with van der Waals surface area (Å²) >= 11 is 0. The van der Waals surface area contributed by atoms with Crippen LogP contribution in [0.4, 0.5) is 8.78 Å². The molecule has 0 aliphatic heterocycles. The van der Waals surface area contributed by atoms with Crippen LogP contribution in [0.25, 0.3) is 5.69 Å². The van der Waals surface area contributed by atoms with Gasteiger partial charge in [0, 0.05) is 12.1 Å². The monoisotopic (exact) mass is 349 g/mol. The summed E-state index contributed by atoms with van der Waals surface area (Å²) in [5.41, 5.74) is 1.47. The molecule has 1 aromatic carbocycles. The van der Waals surface area contributed by atoms with Crippen LogP contribution in [-0.4, -0.2) is 32.9 Å². The Bertz CT molecular complexity index is 796.